The maximum Gasteiger partial charge on any atom is 0.0433 e. The summed E-state index contributed by atoms with van der Waals surface area (Å²) < 4.78 is 0. The van der Waals surface area contributed by atoms with Crippen LogP contribution in [0, 0.1) is 29.1 Å². The average molecular weight is 224 g/mol. The lowest BCUT2D eigenvalue weighted by molar-refractivity contribution is 0.0316. The lowest BCUT2D eigenvalue weighted by Gasteiger charge is -2.46. The molecule has 0 aliphatic heterocycles. The number of rotatable bonds is 3. The molecule has 0 aromatic carbocycles. The van der Waals surface area contributed by atoms with Gasteiger partial charge in [0.15, 0.2) is 0 Å². The summed E-state index contributed by atoms with van der Waals surface area (Å²) in [4.78, 5) is 0. The Balaban J connectivity index is 2.11. The van der Waals surface area contributed by atoms with Gasteiger partial charge in [0.1, 0.15) is 0 Å². The van der Waals surface area contributed by atoms with Crippen LogP contribution in [0.1, 0.15) is 59.3 Å². The zero-order valence-electron chi connectivity index (χ0n) is 11.2. The van der Waals surface area contributed by atoms with E-state index in [4.69, 9.17) is 5.11 Å². The van der Waals surface area contributed by atoms with Crippen molar-refractivity contribution in [1.29, 1.82) is 0 Å². The molecular formula is C15H28O. The number of hydrogen-bond acceptors (Lipinski definition) is 1. The van der Waals surface area contributed by atoms with Gasteiger partial charge in [0.25, 0.3) is 0 Å². The monoisotopic (exact) mass is 224 g/mol. The smallest absolute Gasteiger partial charge is 0.0433 e. The molecule has 2 aliphatic rings. The quantitative estimate of drug-likeness (QED) is 0.772. The summed E-state index contributed by atoms with van der Waals surface area (Å²) in [6.45, 7) is 7.72. The first-order chi connectivity index (χ1) is 7.59. The maximum absolute atomic E-state index is 9.13. The van der Waals surface area contributed by atoms with E-state index >= 15 is 0 Å². The fourth-order valence-electron chi connectivity index (χ4n) is 4.94. The normalized spacial score (nSPS) is 45.4. The number of aliphatic hydroxyl groups excluding tert-OH is 1. The highest BCUT2D eigenvalue weighted by atomic mass is 16.3. The predicted molar refractivity (Wildman–Crippen MR) is 68.2 cm³/mol. The van der Waals surface area contributed by atoms with Gasteiger partial charge in [0.05, 0.1) is 0 Å². The molecule has 0 unspecified atom stereocenters. The zero-order valence-corrected chi connectivity index (χ0v) is 11.2. The molecule has 1 nitrogen and oxygen atoms in total. The van der Waals surface area contributed by atoms with Crippen LogP contribution in [0.4, 0.5) is 0 Å². The summed E-state index contributed by atoms with van der Waals surface area (Å²) in [5.74, 6) is 3.48. The molecule has 94 valence electrons. The van der Waals surface area contributed by atoms with Gasteiger partial charge in [0.2, 0.25) is 0 Å². The van der Waals surface area contributed by atoms with Crippen molar-refractivity contribution in [2.45, 2.75) is 59.3 Å². The minimum atomic E-state index is 0.369. The second kappa shape index (κ2) is 4.68. The molecule has 2 fully saturated rings. The minimum absolute atomic E-state index is 0.369. The maximum atomic E-state index is 9.13. The number of hydrogen-bond donors (Lipinski definition) is 1. The van der Waals surface area contributed by atoms with Gasteiger partial charge in [-0.2, -0.15) is 0 Å². The topological polar surface area (TPSA) is 20.2 Å². The van der Waals surface area contributed by atoms with E-state index in [-0.39, 0.29) is 0 Å². The molecular weight excluding hydrogens is 196 g/mol. The zero-order chi connectivity index (χ0) is 11.8. The largest absolute Gasteiger partial charge is 0.396 e. The van der Waals surface area contributed by atoms with E-state index in [9.17, 15) is 0 Å². The Morgan fingerprint density at radius 2 is 2.06 bits per heavy atom. The van der Waals surface area contributed by atoms with Gasteiger partial charge in [-0.1, -0.05) is 33.6 Å². The summed E-state index contributed by atoms with van der Waals surface area (Å²) in [5.41, 5.74) is 0.590. The Kier molecular flexibility index (Phi) is 3.63. The third-order valence-corrected chi connectivity index (χ3v) is 5.82. The SMILES string of the molecule is C[C@H](CCO)[C@H]1CC[C@H]2[C@H](C)CCC[C@]12C. The third-order valence-electron chi connectivity index (χ3n) is 5.82. The molecule has 0 aromatic rings. The lowest BCUT2D eigenvalue weighted by atomic mass is 9.59. The summed E-state index contributed by atoms with van der Waals surface area (Å²) in [7, 11) is 0. The van der Waals surface area contributed by atoms with E-state index < -0.39 is 0 Å². The molecule has 0 amide bonds. The van der Waals surface area contributed by atoms with Crippen molar-refractivity contribution in [1.82, 2.24) is 0 Å². The number of fused-ring (bicyclic) bond motifs is 1. The molecule has 2 saturated carbocycles. The molecule has 2 rings (SSSR count). The Labute approximate surface area is 101 Å². The molecule has 16 heavy (non-hydrogen) atoms. The Hall–Kier alpha value is -0.0400. The van der Waals surface area contributed by atoms with Gasteiger partial charge in [0, 0.05) is 6.61 Å². The molecule has 1 heteroatoms. The van der Waals surface area contributed by atoms with E-state index in [0.717, 1.165) is 24.2 Å². The van der Waals surface area contributed by atoms with Crippen molar-refractivity contribution in [3.05, 3.63) is 0 Å². The third kappa shape index (κ3) is 1.92. The molecule has 5 atom stereocenters. The first kappa shape index (κ1) is 12.4. The van der Waals surface area contributed by atoms with Crippen molar-refractivity contribution < 1.29 is 5.11 Å². The van der Waals surface area contributed by atoms with Crippen LogP contribution in [0.2, 0.25) is 0 Å². The average Bonchev–Trinajstić information content (AvgIpc) is 2.57. The van der Waals surface area contributed by atoms with Crippen LogP contribution >= 0.6 is 0 Å². The van der Waals surface area contributed by atoms with E-state index in [1.165, 1.54) is 32.1 Å². The second-order valence-electron chi connectivity index (χ2n) is 6.66. The van der Waals surface area contributed by atoms with Crippen LogP contribution in [0.15, 0.2) is 0 Å². The van der Waals surface area contributed by atoms with Crippen molar-refractivity contribution >= 4 is 0 Å². The molecule has 2 aliphatic carbocycles. The van der Waals surface area contributed by atoms with Crippen LogP contribution in [0.25, 0.3) is 0 Å². The molecule has 0 saturated heterocycles. The second-order valence-corrected chi connectivity index (χ2v) is 6.66. The number of aliphatic hydroxyl groups is 1. The lowest BCUT2D eigenvalue weighted by Crippen LogP contribution is -2.38. The van der Waals surface area contributed by atoms with E-state index in [1.54, 1.807) is 0 Å². The fourth-order valence-corrected chi connectivity index (χ4v) is 4.94. The van der Waals surface area contributed by atoms with Crippen LogP contribution in [-0.4, -0.2) is 11.7 Å². The van der Waals surface area contributed by atoms with E-state index in [1.807, 2.05) is 0 Å². The van der Waals surface area contributed by atoms with Crippen LogP contribution < -0.4 is 0 Å². The molecule has 0 bridgehead atoms. The molecule has 1 N–H and O–H groups in total. The summed E-state index contributed by atoms with van der Waals surface area (Å²) in [6, 6.07) is 0. The highest BCUT2D eigenvalue weighted by molar-refractivity contribution is 5.00. The molecule has 0 spiro atoms. The van der Waals surface area contributed by atoms with Crippen molar-refractivity contribution in [3.63, 3.8) is 0 Å². The van der Waals surface area contributed by atoms with Gasteiger partial charge in [-0.05, 0) is 54.8 Å². The summed E-state index contributed by atoms with van der Waals surface area (Å²) in [6.07, 6.45) is 8.16. The first-order valence-electron chi connectivity index (χ1n) is 7.20. The van der Waals surface area contributed by atoms with Crippen molar-refractivity contribution in [3.8, 4) is 0 Å². The van der Waals surface area contributed by atoms with E-state index in [0.29, 0.717) is 17.9 Å². The van der Waals surface area contributed by atoms with Crippen LogP contribution in [0.5, 0.6) is 0 Å². The first-order valence-corrected chi connectivity index (χ1v) is 7.20. The molecule has 0 aromatic heterocycles. The molecule has 0 radical (unpaired) electrons. The fraction of sp³-hybridized carbons (Fsp3) is 1.00. The van der Waals surface area contributed by atoms with Crippen molar-refractivity contribution in [2.24, 2.45) is 29.1 Å². The molecule has 0 heterocycles. The highest BCUT2D eigenvalue weighted by Crippen LogP contribution is 2.59. The van der Waals surface area contributed by atoms with Gasteiger partial charge in [-0.15, -0.1) is 0 Å². The van der Waals surface area contributed by atoms with Gasteiger partial charge in [-0.3, -0.25) is 0 Å². The highest BCUT2D eigenvalue weighted by Gasteiger charge is 2.50. The van der Waals surface area contributed by atoms with E-state index in [2.05, 4.69) is 20.8 Å². The Morgan fingerprint density at radius 1 is 1.31 bits per heavy atom. The van der Waals surface area contributed by atoms with Crippen molar-refractivity contribution in [2.75, 3.05) is 6.61 Å². The Bertz CT molecular complexity index is 238. The standard InChI is InChI=1S/C15H28O/c1-11-5-4-9-15(3)13(11)6-7-14(15)12(2)8-10-16/h11-14,16H,4-10H2,1-3H3/t11-,12-,13+,14-,15+/m1/s1. The van der Waals surface area contributed by atoms with Gasteiger partial charge >= 0.3 is 0 Å². The summed E-state index contributed by atoms with van der Waals surface area (Å²) in [5, 5.41) is 9.13. The van der Waals surface area contributed by atoms with Gasteiger partial charge < -0.3 is 5.11 Å². The predicted octanol–water partition coefficient (Wildman–Crippen LogP) is 3.86. The minimum Gasteiger partial charge on any atom is -0.396 e. The Morgan fingerprint density at radius 3 is 2.75 bits per heavy atom. The van der Waals surface area contributed by atoms with Crippen LogP contribution in [-0.2, 0) is 0 Å². The van der Waals surface area contributed by atoms with Crippen LogP contribution in [0.3, 0.4) is 0 Å². The van der Waals surface area contributed by atoms with Gasteiger partial charge in [-0.25, -0.2) is 0 Å². The summed E-state index contributed by atoms with van der Waals surface area (Å²) >= 11 is 0.